The van der Waals surface area contributed by atoms with E-state index in [4.69, 9.17) is 0 Å². The van der Waals surface area contributed by atoms with Crippen molar-refractivity contribution in [1.29, 1.82) is 0 Å². The summed E-state index contributed by atoms with van der Waals surface area (Å²) in [5.74, 6) is 3.34. The first-order valence-electron chi connectivity index (χ1n) is 6.81. The van der Waals surface area contributed by atoms with Gasteiger partial charge < -0.3 is 15.5 Å². The van der Waals surface area contributed by atoms with Gasteiger partial charge in [0, 0.05) is 26.2 Å². The SMILES string of the molecule is C=CCNc1cc(N(C)CC2CCNC2)nc(C)n1. The first-order valence-corrected chi connectivity index (χ1v) is 6.81. The third kappa shape index (κ3) is 3.92. The van der Waals surface area contributed by atoms with E-state index < -0.39 is 0 Å². The van der Waals surface area contributed by atoms with E-state index >= 15 is 0 Å². The maximum absolute atomic E-state index is 4.51. The molecule has 2 heterocycles. The van der Waals surface area contributed by atoms with Gasteiger partial charge in [0.25, 0.3) is 0 Å². The normalized spacial score (nSPS) is 18.3. The van der Waals surface area contributed by atoms with Crippen LogP contribution in [0.3, 0.4) is 0 Å². The predicted molar refractivity (Wildman–Crippen MR) is 79.7 cm³/mol. The summed E-state index contributed by atoms with van der Waals surface area (Å²) in [6.45, 7) is 9.61. The lowest BCUT2D eigenvalue weighted by Crippen LogP contribution is -2.27. The fourth-order valence-corrected chi connectivity index (χ4v) is 2.37. The highest BCUT2D eigenvalue weighted by Crippen LogP contribution is 2.17. The van der Waals surface area contributed by atoms with E-state index in [1.807, 2.05) is 19.1 Å². The quantitative estimate of drug-likeness (QED) is 0.759. The molecule has 1 aromatic heterocycles. The molecule has 1 saturated heterocycles. The smallest absolute Gasteiger partial charge is 0.134 e. The van der Waals surface area contributed by atoms with Crippen molar-refractivity contribution in [2.24, 2.45) is 5.92 Å². The second-order valence-electron chi connectivity index (χ2n) is 5.07. The molecule has 0 amide bonds. The van der Waals surface area contributed by atoms with Crippen LogP contribution in [0.1, 0.15) is 12.2 Å². The van der Waals surface area contributed by atoms with Crippen LogP contribution >= 0.6 is 0 Å². The Morgan fingerprint density at radius 3 is 3.11 bits per heavy atom. The molecule has 0 bridgehead atoms. The van der Waals surface area contributed by atoms with Gasteiger partial charge in [-0.25, -0.2) is 9.97 Å². The van der Waals surface area contributed by atoms with Crippen LogP contribution in [0.4, 0.5) is 11.6 Å². The molecule has 1 atom stereocenters. The first kappa shape index (κ1) is 13.8. The minimum atomic E-state index is 0.713. The predicted octanol–water partition coefficient (Wildman–Crippen LogP) is 1.43. The molecule has 5 nitrogen and oxygen atoms in total. The van der Waals surface area contributed by atoms with E-state index in [0.29, 0.717) is 12.5 Å². The maximum atomic E-state index is 4.51. The van der Waals surface area contributed by atoms with Crippen molar-refractivity contribution in [3.05, 3.63) is 24.5 Å². The van der Waals surface area contributed by atoms with E-state index in [0.717, 1.165) is 37.1 Å². The molecule has 1 unspecified atom stereocenters. The van der Waals surface area contributed by atoms with Crippen LogP contribution in [0.5, 0.6) is 0 Å². The summed E-state index contributed by atoms with van der Waals surface area (Å²) in [6, 6.07) is 2.00. The van der Waals surface area contributed by atoms with Gasteiger partial charge in [0.2, 0.25) is 0 Å². The molecule has 1 fully saturated rings. The highest BCUT2D eigenvalue weighted by atomic mass is 15.2. The maximum Gasteiger partial charge on any atom is 0.134 e. The van der Waals surface area contributed by atoms with Gasteiger partial charge in [0.15, 0.2) is 0 Å². The molecule has 2 rings (SSSR count). The van der Waals surface area contributed by atoms with Gasteiger partial charge in [-0.2, -0.15) is 0 Å². The zero-order valence-electron chi connectivity index (χ0n) is 11.8. The Kier molecular flexibility index (Phi) is 4.74. The summed E-state index contributed by atoms with van der Waals surface area (Å²) in [7, 11) is 2.09. The van der Waals surface area contributed by atoms with Gasteiger partial charge in [-0.1, -0.05) is 6.08 Å². The second-order valence-corrected chi connectivity index (χ2v) is 5.07. The van der Waals surface area contributed by atoms with E-state index in [-0.39, 0.29) is 0 Å². The molecule has 2 N–H and O–H groups in total. The summed E-state index contributed by atoms with van der Waals surface area (Å²) in [4.78, 5) is 11.1. The molecular formula is C14H23N5. The number of rotatable bonds is 6. The Balaban J connectivity index is 2.04. The molecule has 0 spiro atoms. The van der Waals surface area contributed by atoms with Gasteiger partial charge in [0.05, 0.1) is 0 Å². The third-order valence-corrected chi connectivity index (χ3v) is 3.34. The molecule has 1 aliphatic heterocycles. The summed E-state index contributed by atoms with van der Waals surface area (Å²) in [6.07, 6.45) is 3.07. The third-order valence-electron chi connectivity index (χ3n) is 3.34. The molecule has 19 heavy (non-hydrogen) atoms. The van der Waals surface area contributed by atoms with Crippen LogP contribution < -0.4 is 15.5 Å². The summed E-state index contributed by atoms with van der Waals surface area (Å²) in [5, 5.41) is 6.61. The number of hydrogen-bond acceptors (Lipinski definition) is 5. The average Bonchev–Trinajstić information content (AvgIpc) is 2.88. The van der Waals surface area contributed by atoms with Gasteiger partial charge in [-0.15, -0.1) is 6.58 Å². The van der Waals surface area contributed by atoms with Crippen LogP contribution in [-0.4, -0.2) is 43.2 Å². The summed E-state index contributed by atoms with van der Waals surface area (Å²) >= 11 is 0. The number of nitrogens with one attached hydrogen (secondary N) is 2. The molecule has 0 aromatic carbocycles. The monoisotopic (exact) mass is 261 g/mol. The van der Waals surface area contributed by atoms with Crippen molar-refractivity contribution in [3.63, 3.8) is 0 Å². The Labute approximate surface area is 115 Å². The van der Waals surface area contributed by atoms with Crippen LogP contribution in [-0.2, 0) is 0 Å². The number of aromatic nitrogens is 2. The van der Waals surface area contributed by atoms with Gasteiger partial charge in [-0.3, -0.25) is 0 Å². The zero-order valence-corrected chi connectivity index (χ0v) is 11.8. The average molecular weight is 261 g/mol. The largest absolute Gasteiger partial charge is 0.366 e. The standard InChI is InChI=1S/C14H23N5/c1-4-6-16-13-8-14(18-11(2)17-13)19(3)10-12-5-7-15-9-12/h4,8,12,15H,1,5-7,9-10H2,2-3H3,(H,16,17,18). The minimum Gasteiger partial charge on any atom is -0.366 e. The lowest BCUT2D eigenvalue weighted by Gasteiger charge is -2.22. The zero-order chi connectivity index (χ0) is 13.7. The number of nitrogens with zero attached hydrogens (tertiary/aromatic N) is 3. The van der Waals surface area contributed by atoms with E-state index in [1.54, 1.807) is 0 Å². The second kappa shape index (κ2) is 6.52. The highest BCUT2D eigenvalue weighted by Gasteiger charge is 2.17. The number of hydrogen-bond donors (Lipinski definition) is 2. The minimum absolute atomic E-state index is 0.713. The molecule has 0 radical (unpaired) electrons. The van der Waals surface area contributed by atoms with Crippen LogP contribution in [0, 0.1) is 12.8 Å². The Morgan fingerprint density at radius 2 is 2.42 bits per heavy atom. The van der Waals surface area contributed by atoms with Gasteiger partial charge >= 0.3 is 0 Å². The van der Waals surface area contributed by atoms with E-state index in [2.05, 4.69) is 39.1 Å². The van der Waals surface area contributed by atoms with Crippen molar-refractivity contribution >= 4 is 11.6 Å². The molecule has 1 aliphatic rings. The lowest BCUT2D eigenvalue weighted by molar-refractivity contribution is 0.575. The van der Waals surface area contributed by atoms with Gasteiger partial charge in [-0.05, 0) is 32.4 Å². The topological polar surface area (TPSA) is 53.1 Å². The molecule has 104 valence electrons. The van der Waals surface area contributed by atoms with Crippen molar-refractivity contribution < 1.29 is 0 Å². The van der Waals surface area contributed by atoms with Crippen molar-refractivity contribution in [3.8, 4) is 0 Å². The van der Waals surface area contributed by atoms with Crippen molar-refractivity contribution in [1.82, 2.24) is 15.3 Å². The Morgan fingerprint density at radius 1 is 1.58 bits per heavy atom. The van der Waals surface area contributed by atoms with Crippen LogP contribution in [0.15, 0.2) is 18.7 Å². The number of aryl methyl sites for hydroxylation is 1. The van der Waals surface area contributed by atoms with E-state index in [9.17, 15) is 0 Å². The van der Waals surface area contributed by atoms with Crippen molar-refractivity contribution in [2.45, 2.75) is 13.3 Å². The van der Waals surface area contributed by atoms with Crippen LogP contribution in [0.25, 0.3) is 0 Å². The summed E-state index contributed by atoms with van der Waals surface area (Å²) < 4.78 is 0. The Bertz CT molecular complexity index is 426. The Hall–Kier alpha value is -1.62. The van der Waals surface area contributed by atoms with Gasteiger partial charge in [0.1, 0.15) is 17.5 Å². The summed E-state index contributed by atoms with van der Waals surface area (Å²) in [5.41, 5.74) is 0. The molecule has 0 aliphatic carbocycles. The molecular weight excluding hydrogens is 238 g/mol. The fraction of sp³-hybridized carbons (Fsp3) is 0.571. The lowest BCUT2D eigenvalue weighted by atomic mass is 10.1. The number of anilines is 2. The van der Waals surface area contributed by atoms with Crippen molar-refractivity contribution in [2.75, 3.05) is 43.4 Å². The van der Waals surface area contributed by atoms with Crippen LogP contribution in [0.2, 0.25) is 0 Å². The molecule has 5 heteroatoms. The first-order chi connectivity index (χ1) is 9.19. The highest BCUT2D eigenvalue weighted by molar-refractivity contribution is 5.49. The molecule has 0 saturated carbocycles. The fourth-order valence-electron chi connectivity index (χ4n) is 2.37. The van der Waals surface area contributed by atoms with E-state index in [1.165, 1.54) is 6.42 Å². The molecule has 1 aromatic rings.